The molecule has 0 aliphatic rings. The first-order valence-corrected chi connectivity index (χ1v) is 17.6. The van der Waals surface area contributed by atoms with Crippen LogP contribution in [0.2, 0.25) is 0 Å². The van der Waals surface area contributed by atoms with Gasteiger partial charge in [0.15, 0.2) is 0 Å². The zero-order valence-corrected chi connectivity index (χ0v) is 29.5. The maximum absolute atomic E-state index is 2.26. The average Bonchev–Trinajstić information content (AvgIpc) is 3.22. The second-order valence-corrected chi connectivity index (χ2v) is 13.0. The van der Waals surface area contributed by atoms with Crippen molar-refractivity contribution in [3.05, 3.63) is 243 Å². The first-order chi connectivity index (χ1) is 24.8. The van der Waals surface area contributed by atoms with Crippen molar-refractivity contribution in [3.8, 4) is 0 Å². The van der Waals surface area contributed by atoms with Crippen LogP contribution >= 0.6 is 0 Å². The molecule has 0 spiro atoms. The van der Waals surface area contributed by atoms with E-state index in [0.29, 0.717) is 0 Å². The van der Waals surface area contributed by atoms with Crippen molar-refractivity contribution in [2.75, 3.05) is 0 Å². The molecular formula is C48H40B2Cu. The molecule has 51 heavy (non-hydrogen) atoms. The Morgan fingerprint density at radius 1 is 0.157 bits per heavy atom. The van der Waals surface area contributed by atoms with Crippen molar-refractivity contribution in [3.63, 3.8) is 0 Å². The van der Waals surface area contributed by atoms with Crippen molar-refractivity contribution >= 4 is 56.0 Å². The largest absolute Gasteiger partial charge is 2.00 e. The third-order valence-corrected chi connectivity index (χ3v) is 10.4. The topological polar surface area (TPSA) is 0 Å². The Bertz CT molecular complexity index is 1680. The minimum atomic E-state index is -1.22. The molecule has 0 unspecified atom stereocenters. The summed E-state index contributed by atoms with van der Waals surface area (Å²) in [5.74, 6) is 0. The number of rotatable bonds is 8. The summed E-state index contributed by atoms with van der Waals surface area (Å²) in [7, 11) is 0. The van der Waals surface area contributed by atoms with Gasteiger partial charge in [-0.15, -0.1) is 0 Å². The van der Waals surface area contributed by atoms with E-state index >= 15 is 0 Å². The smallest absolute Gasteiger partial charge is 0.195 e. The maximum atomic E-state index is 2.26. The molecule has 0 saturated heterocycles. The van der Waals surface area contributed by atoms with Gasteiger partial charge in [-0.1, -0.05) is 243 Å². The van der Waals surface area contributed by atoms with E-state index in [9.17, 15) is 0 Å². The molecule has 1 radical (unpaired) electrons. The molecule has 0 nitrogen and oxygen atoms in total. The summed E-state index contributed by atoms with van der Waals surface area (Å²) >= 11 is 0. The summed E-state index contributed by atoms with van der Waals surface area (Å²) in [4.78, 5) is 0. The quantitative estimate of drug-likeness (QED) is 0.168. The Kier molecular flexibility index (Phi) is 11.7. The molecule has 0 amide bonds. The SMILES string of the molecule is [Cu+2].c1ccc([B-](c2ccccc2)(c2ccccc2)c2ccccc2)cc1.c1ccc([B-](c2ccccc2)(c2ccccc2)c2ccccc2)cc1. The van der Waals surface area contributed by atoms with Crippen molar-refractivity contribution in [1.82, 2.24) is 0 Å². The number of benzene rings is 8. The standard InChI is InChI=1S/2C24H20B.Cu/c2*1-5-13-21(14-6-1)25(22-15-7-2-8-16-22,23-17-9-3-10-18-23)24-19-11-4-12-20-24;/h2*1-20H;/q2*-1;+2. The van der Waals surface area contributed by atoms with E-state index in [-0.39, 0.29) is 17.1 Å². The molecule has 0 atom stereocenters. The molecule has 8 aromatic carbocycles. The van der Waals surface area contributed by atoms with Crippen LogP contribution in [0.5, 0.6) is 0 Å². The van der Waals surface area contributed by atoms with Gasteiger partial charge in [-0.05, 0) is 0 Å². The van der Waals surface area contributed by atoms with Gasteiger partial charge >= 0.3 is 17.1 Å². The summed E-state index contributed by atoms with van der Waals surface area (Å²) in [6.45, 7) is 0. The van der Waals surface area contributed by atoms with Crippen LogP contribution in [0.25, 0.3) is 0 Å². The molecule has 0 fully saturated rings. The first kappa shape index (κ1) is 35.2. The number of hydrogen-bond acceptors (Lipinski definition) is 0. The van der Waals surface area contributed by atoms with E-state index in [1.807, 2.05) is 0 Å². The van der Waals surface area contributed by atoms with Gasteiger partial charge in [0, 0.05) is 0 Å². The van der Waals surface area contributed by atoms with Gasteiger partial charge in [0.2, 0.25) is 0 Å². The summed E-state index contributed by atoms with van der Waals surface area (Å²) in [6, 6.07) is 87.1. The van der Waals surface area contributed by atoms with E-state index in [0.717, 1.165) is 0 Å². The fraction of sp³-hybridized carbons (Fsp3) is 0. The van der Waals surface area contributed by atoms with E-state index in [1.165, 1.54) is 43.7 Å². The Hall–Kier alpha value is -5.59. The molecule has 0 heterocycles. The first-order valence-electron chi connectivity index (χ1n) is 17.6. The van der Waals surface area contributed by atoms with Crippen LogP contribution in [0, 0.1) is 0 Å². The molecule has 8 aromatic rings. The van der Waals surface area contributed by atoms with Crippen molar-refractivity contribution in [1.29, 1.82) is 0 Å². The fourth-order valence-corrected chi connectivity index (χ4v) is 8.24. The van der Waals surface area contributed by atoms with E-state index in [4.69, 9.17) is 0 Å². The van der Waals surface area contributed by atoms with Gasteiger partial charge in [-0.3, -0.25) is 0 Å². The van der Waals surface area contributed by atoms with Gasteiger partial charge < -0.3 is 0 Å². The second kappa shape index (κ2) is 16.9. The van der Waals surface area contributed by atoms with Crippen LogP contribution < -0.4 is 43.7 Å². The zero-order chi connectivity index (χ0) is 33.9. The predicted octanol–water partition coefficient (Wildman–Crippen LogP) is 6.13. The Morgan fingerprint density at radius 2 is 0.255 bits per heavy atom. The number of hydrogen-bond donors (Lipinski definition) is 0. The Morgan fingerprint density at radius 3 is 0.353 bits per heavy atom. The Labute approximate surface area is 314 Å². The third kappa shape index (κ3) is 7.05. The average molecular weight is 702 g/mol. The minimum Gasteiger partial charge on any atom is -0.195 e. The van der Waals surface area contributed by atoms with Crippen LogP contribution in [0.1, 0.15) is 0 Å². The van der Waals surface area contributed by atoms with Crippen LogP contribution in [-0.2, 0) is 17.1 Å². The molecule has 8 rings (SSSR count). The van der Waals surface area contributed by atoms with E-state index in [2.05, 4.69) is 243 Å². The van der Waals surface area contributed by atoms with Crippen LogP contribution in [0.15, 0.2) is 243 Å². The fourth-order valence-electron chi connectivity index (χ4n) is 8.24. The molecule has 0 aliphatic carbocycles. The van der Waals surface area contributed by atoms with Crippen molar-refractivity contribution < 1.29 is 17.1 Å². The Balaban J connectivity index is 0.000000172. The molecule has 249 valence electrons. The summed E-state index contributed by atoms with van der Waals surface area (Å²) in [6.07, 6.45) is -2.43. The summed E-state index contributed by atoms with van der Waals surface area (Å²) in [5.41, 5.74) is 10.7. The molecule has 0 saturated carbocycles. The van der Waals surface area contributed by atoms with E-state index < -0.39 is 12.3 Å². The molecule has 0 bridgehead atoms. The zero-order valence-electron chi connectivity index (χ0n) is 28.6. The van der Waals surface area contributed by atoms with Gasteiger partial charge in [0.1, 0.15) is 12.3 Å². The molecular weight excluding hydrogens is 662 g/mol. The third-order valence-electron chi connectivity index (χ3n) is 10.4. The van der Waals surface area contributed by atoms with Crippen molar-refractivity contribution in [2.45, 2.75) is 0 Å². The van der Waals surface area contributed by atoms with Crippen LogP contribution in [0.4, 0.5) is 0 Å². The predicted molar refractivity (Wildman–Crippen MR) is 220 cm³/mol. The maximum Gasteiger partial charge on any atom is 2.00 e. The van der Waals surface area contributed by atoms with Gasteiger partial charge in [0.25, 0.3) is 0 Å². The molecule has 0 N–H and O–H groups in total. The van der Waals surface area contributed by atoms with Crippen LogP contribution in [-0.4, -0.2) is 12.3 Å². The van der Waals surface area contributed by atoms with Crippen molar-refractivity contribution in [2.24, 2.45) is 0 Å². The normalized spacial score (nSPS) is 11.0. The van der Waals surface area contributed by atoms with E-state index in [1.54, 1.807) is 0 Å². The minimum absolute atomic E-state index is 0. The monoisotopic (exact) mass is 701 g/mol. The molecule has 0 aromatic heterocycles. The molecule has 0 aliphatic heterocycles. The van der Waals surface area contributed by atoms with Gasteiger partial charge in [-0.25, -0.2) is 0 Å². The molecule has 3 heteroatoms. The van der Waals surface area contributed by atoms with Crippen LogP contribution in [0.3, 0.4) is 0 Å². The summed E-state index contributed by atoms with van der Waals surface area (Å²) in [5, 5.41) is 0. The second-order valence-electron chi connectivity index (χ2n) is 13.0. The summed E-state index contributed by atoms with van der Waals surface area (Å²) < 4.78 is 0. The van der Waals surface area contributed by atoms with Gasteiger partial charge in [-0.2, -0.15) is 43.7 Å². The van der Waals surface area contributed by atoms with Gasteiger partial charge in [0.05, 0.1) is 0 Å².